The molecule has 66 valence electrons. The van der Waals surface area contributed by atoms with Gasteiger partial charge in [-0.3, -0.25) is 4.79 Å². The lowest BCUT2D eigenvalue weighted by Crippen LogP contribution is -2.04. The van der Waals surface area contributed by atoms with Crippen molar-refractivity contribution in [2.75, 3.05) is 5.32 Å². The van der Waals surface area contributed by atoms with E-state index in [1.165, 1.54) is 0 Å². The van der Waals surface area contributed by atoms with Gasteiger partial charge in [0.05, 0.1) is 0 Å². The molecule has 1 rings (SSSR count). The first-order valence-electron chi connectivity index (χ1n) is 3.65. The number of rotatable bonds is 1. The van der Waals surface area contributed by atoms with Gasteiger partial charge in [-0.1, -0.05) is 17.7 Å². The van der Waals surface area contributed by atoms with Crippen LogP contribution in [0.1, 0.15) is 5.56 Å². The maximum Gasteiger partial charge on any atom is 0.312 e. The highest BCUT2D eigenvalue weighted by Crippen LogP contribution is 2.08. The van der Waals surface area contributed by atoms with E-state index in [9.17, 15) is 4.79 Å². The molecule has 2 amide bonds. The number of carbonyl (C=O) groups is 1. The van der Waals surface area contributed by atoms with E-state index >= 15 is 0 Å². The zero-order valence-electron chi connectivity index (χ0n) is 7.06. The third kappa shape index (κ3) is 2.84. The number of nitrogens with zero attached hydrogens (tertiary/aromatic N) is 3. The Kier molecular flexibility index (Phi) is 2.89. The highest BCUT2D eigenvalue weighted by atomic mass is 16.2. The van der Waals surface area contributed by atoms with Crippen molar-refractivity contribution in [2.24, 2.45) is 5.11 Å². The lowest BCUT2D eigenvalue weighted by Gasteiger charge is -2.00. The normalized spacial score (nSPS) is 8.69. The van der Waals surface area contributed by atoms with E-state index in [1.54, 1.807) is 12.1 Å². The highest BCUT2D eigenvalue weighted by Gasteiger charge is 1.96. The number of aryl methyl sites for hydroxylation is 1. The number of urea groups is 1. The van der Waals surface area contributed by atoms with Crippen LogP contribution in [0.2, 0.25) is 0 Å². The van der Waals surface area contributed by atoms with Crippen LogP contribution in [0.25, 0.3) is 10.4 Å². The summed E-state index contributed by atoms with van der Waals surface area (Å²) < 4.78 is 0. The van der Waals surface area contributed by atoms with Gasteiger partial charge in [0.2, 0.25) is 0 Å². The Hall–Kier alpha value is -2.00. The molecule has 0 aliphatic heterocycles. The molecular formula is C8H8N4O. The molecule has 0 aliphatic carbocycles. The van der Waals surface area contributed by atoms with Crippen LogP contribution in [0.15, 0.2) is 29.4 Å². The van der Waals surface area contributed by atoms with Crippen LogP contribution in [-0.4, -0.2) is 6.03 Å². The smallest absolute Gasteiger partial charge is 0.312 e. The van der Waals surface area contributed by atoms with Gasteiger partial charge in [0.1, 0.15) is 0 Å². The summed E-state index contributed by atoms with van der Waals surface area (Å²) in [5.74, 6) is 0. The minimum atomic E-state index is -0.702. The van der Waals surface area contributed by atoms with Crippen LogP contribution in [0.5, 0.6) is 0 Å². The third-order valence-electron chi connectivity index (χ3n) is 1.44. The molecule has 0 saturated carbocycles. The van der Waals surface area contributed by atoms with Gasteiger partial charge in [-0.05, 0) is 24.6 Å². The second kappa shape index (κ2) is 4.13. The molecule has 0 aliphatic rings. The second-order valence-corrected chi connectivity index (χ2v) is 2.49. The molecule has 0 fully saturated rings. The predicted octanol–water partition coefficient (Wildman–Crippen LogP) is 2.84. The van der Waals surface area contributed by atoms with Gasteiger partial charge in [0.15, 0.2) is 0 Å². The van der Waals surface area contributed by atoms with E-state index in [0.717, 1.165) is 5.56 Å². The van der Waals surface area contributed by atoms with Crippen molar-refractivity contribution >= 4 is 11.7 Å². The molecule has 5 heteroatoms. The zero-order chi connectivity index (χ0) is 9.68. The summed E-state index contributed by atoms with van der Waals surface area (Å²) in [5.41, 5.74) is 9.67. The van der Waals surface area contributed by atoms with E-state index in [2.05, 4.69) is 15.3 Å². The zero-order valence-corrected chi connectivity index (χ0v) is 7.06. The Morgan fingerprint density at radius 3 is 2.62 bits per heavy atom. The number of amides is 2. The molecule has 1 aromatic carbocycles. The Bertz CT molecular complexity index is 351. The molecule has 0 radical (unpaired) electrons. The van der Waals surface area contributed by atoms with Crippen molar-refractivity contribution in [2.45, 2.75) is 6.92 Å². The molecule has 0 heterocycles. The van der Waals surface area contributed by atoms with Crippen LogP contribution in [0.4, 0.5) is 10.5 Å². The maximum absolute atomic E-state index is 10.8. The van der Waals surface area contributed by atoms with Crippen molar-refractivity contribution in [3.63, 3.8) is 0 Å². The number of anilines is 1. The standard InChI is InChI=1S/C8H8N4O/c1-6-2-4-7(5-3-6)10-8(13)11-12-9/h2-5H,1H3,(H,10,13). The molecule has 0 aromatic heterocycles. The largest absolute Gasteiger partial charge is 0.321 e. The predicted molar refractivity (Wildman–Crippen MR) is 49.3 cm³/mol. The van der Waals surface area contributed by atoms with Crippen LogP contribution in [0.3, 0.4) is 0 Å². The maximum atomic E-state index is 10.8. The number of carbonyl (C=O) groups excluding carboxylic acids is 1. The number of hydrogen-bond acceptors (Lipinski definition) is 1. The molecule has 1 aromatic rings. The molecule has 5 nitrogen and oxygen atoms in total. The van der Waals surface area contributed by atoms with Gasteiger partial charge < -0.3 is 5.32 Å². The SMILES string of the molecule is Cc1ccc(NC(=O)N=[N+]=[N-])cc1. The summed E-state index contributed by atoms with van der Waals surface area (Å²) in [6.07, 6.45) is 0. The first-order valence-corrected chi connectivity index (χ1v) is 3.65. The Morgan fingerprint density at radius 2 is 2.08 bits per heavy atom. The molecule has 1 N–H and O–H groups in total. The summed E-state index contributed by atoms with van der Waals surface area (Å²) in [6.45, 7) is 1.94. The fraction of sp³-hybridized carbons (Fsp3) is 0.125. The first kappa shape index (κ1) is 9.09. The van der Waals surface area contributed by atoms with E-state index in [0.29, 0.717) is 5.69 Å². The van der Waals surface area contributed by atoms with Crippen molar-refractivity contribution in [3.05, 3.63) is 40.3 Å². The number of benzene rings is 1. The van der Waals surface area contributed by atoms with E-state index in [1.807, 2.05) is 19.1 Å². The van der Waals surface area contributed by atoms with Crippen LogP contribution >= 0.6 is 0 Å². The molecule has 0 atom stereocenters. The minimum Gasteiger partial charge on any atom is -0.321 e. The summed E-state index contributed by atoms with van der Waals surface area (Å²) in [7, 11) is 0. The van der Waals surface area contributed by atoms with Crippen molar-refractivity contribution < 1.29 is 4.79 Å². The fourth-order valence-corrected chi connectivity index (χ4v) is 0.826. The van der Waals surface area contributed by atoms with Gasteiger partial charge in [-0.25, -0.2) is 0 Å². The monoisotopic (exact) mass is 176 g/mol. The third-order valence-corrected chi connectivity index (χ3v) is 1.44. The summed E-state index contributed by atoms with van der Waals surface area (Å²) >= 11 is 0. The molecule has 0 spiro atoms. The van der Waals surface area contributed by atoms with Gasteiger partial charge in [0, 0.05) is 15.7 Å². The van der Waals surface area contributed by atoms with E-state index < -0.39 is 6.03 Å². The summed E-state index contributed by atoms with van der Waals surface area (Å²) in [4.78, 5) is 13.1. The average Bonchev–Trinajstić information content (AvgIpc) is 2.09. The van der Waals surface area contributed by atoms with Crippen LogP contribution < -0.4 is 5.32 Å². The van der Waals surface area contributed by atoms with E-state index in [-0.39, 0.29) is 0 Å². The second-order valence-electron chi connectivity index (χ2n) is 2.49. The molecule has 0 bridgehead atoms. The molecular weight excluding hydrogens is 168 g/mol. The van der Waals surface area contributed by atoms with Crippen molar-refractivity contribution in [1.82, 2.24) is 0 Å². The number of hydrogen-bond donors (Lipinski definition) is 1. The molecule has 0 saturated heterocycles. The fourth-order valence-electron chi connectivity index (χ4n) is 0.826. The van der Waals surface area contributed by atoms with Crippen molar-refractivity contribution in [1.29, 1.82) is 0 Å². The number of nitrogens with one attached hydrogen (secondary N) is 1. The topological polar surface area (TPSA) is 77.9 Å². The Morgan fingerprint density at radius 1 is 1.46 bits per heavy atom. The highest BCUT2D eigenvalue weighted by molar-refractivity contribution is 5.89. The van der Waals surface area contributed by atoms with Gasteiger partial charge in [-0.15, -0.1) is 0 Å². The number of azide groups is 1. The van der Waals surface area contributed by atoms with E-state index in [4.69, 9.17) is 5.53 Å². The lowest BCUT2D eigenvalue weighted by molar-refractivity contribution is 0.259. The Balaban J connectivity index is 2.69. The Labute approximate surface area is 75.0 Å². The molecule has 13 heavy (non-hydrogen) atoms. The minimum absolute atomic E-state index is 0.614. The summed E-state index contributed by atoms with van der Waals surface area (Å²) in [5, 5.41) is 5.28. The first-order chi connectivity index (χ1) is 6.22. The molecule has 0 unspecified atom stereocenters. The van der Waals surface area contributed by atoms with Crippen LogP contribution in [-0.2, 0) is 0 Å². The average molecular weight is 176 g/mol. The van der Waals surface area contributed by atoms with Crippen molar-refractivity contribution in [3.8, 4) is 0 Å². The van der Waals surface area contributed by atoms with Gasteiger partial charge >= 0.3 is 6.03 Å². The van der Waals surface area contributed by atoms with Gasteiger partial charge in [-0.2, -0.15) is 0 Å². The van der Waals surface area contributed by atoms with Crippen LogP contribution in [0, 0.1) is 6.92 Å². The quantitative estimate of drug-likeness (QED) is 0.398. The lowest BCUT2D eigenvalue weighted by atomic mass is 10.2. The van der Waals surface area contributed by atoms with Gasteiger partial charge in [0.25, 0.3) is 0 Å². The summed E-state index contributed by atoms with van der Waals surface area (Å²) in [6, 6.07) is 6.48.